The lowest BCUT2D eigenvalue weighted by Crippen LogP contribution is -2.31. The predicted molar refractivity (Wildman–Crippen MR) is 109 cm³/mol. The van der Waals surface area contributed by atoms with Crippen LogP contribution in [0.15, 0.2) is 42.5 Å². The Balaban J connectivity index is 1.97. The fourth-order valence-corrected chi connectivity index (χ4v) is 3.30. The average Bonchev–Trinajstić information content (AvgIpc) is 2.87. The summed E-state index contributed by atoms with van der Waals surface area (Å²) >= 11 is 5.99. The lowest BCUT2D eigenvalue weighted by atomic mass is 10.1. The molecule has 0 saturated heterocycles. The molecule has 0 saturated carbocycles. The van der Waals surface area contributed by atoms with Gasteiger partial charge in [-0.25, -0.2) is 0 Å². The van der Waals surface area contributed by atoms with Gasteiger partial charge >= 0.3 is 0 Å². The number of amides is 1. The number of halogens is 1. The van der Waals surface area contributed by atoms with Crippen molar-refractivity contribution in [3.8, 4) is 0 Å². The van der Waals surface area contributed by atoms with Gasteiger partial charge in [-0.05, 0) is 68.7 Å². The van der Waals surface area contributed by atoms with Crippen LogP contribution in [0.2, 0.25) is 5.02 Å². The summed E-state index contributed by atoms with van der Waals surface area (Å²) in [7, 11) is 0. The van der Waals surface area contributed by atoms with E-state index >= 15 is 0 Å². The number of nitrogens with one attached hydrogen (secondary N) is 1. The zero-order valence-corrected chi connectivity index (χ0v) is 16.5. The highest BCUT2D eigenvalue weighted by molar-refractivity contribution is 6.30. The van der Waals surface area contributed by atoms with Crippen LogP contribution in [0.5, 0.6) is 0 Å². The van der Waals surface area contributed by atoms with Crippen molar-refractivity contribution in [3.05, 3.63) is 69.9 Å². The van der Waals surface area contributed by atoms with E-state index in [1.165, 1.54) is 16.8 Å². The summed E-state index contributed by atoms with van der Waals surface area (Å²) in [6.45, 7) is 9.12. The highest BCUT2D eigenvalue weighted by atomic mass is 35.5. The summed E-state index contributed by atoms with van der Waals surface area (Å²) in [5.74, 6) is -0.0104. The van der Waals surface area contributed by atoms with Crippen LogP contribution in [0.3, 0.4) is 0 Å². The second-order valence-corrected chi connectivity index (χ2v) is 7.37. The molecular formula is C22H25ClN2O. The highest BCUT2D eigenvalue weighted by Gasteiger charge is 2.15. The van der Waals surface area contributed by atoms with E-state index in [2.05, 4.69) is 48.9 Å². The van der Waals surface area contributed by atoms with Crippen LogP contribution in [0.4, 0.5) is 0 Å². The molecule has 26 heavy (non-hydrogen) atoms. The Hall–Kier alpha value is -2.26. The van der Waals surface area contributed by atoms with E-state index in [1.807, 2.05) is 31.2 Å². The van der Waals surface area contributed by atoms with Crippen molar-refractivity contribution in [1.82, 2.24) is 9.88 Å². The first-order valence-electron chi connectivity index (χ1n) is 9.05. The molecule has 2 aromatic carbocycles. The number of hydrogen-bond donors (Lipinski definition) is 1. The first kappa shape index (κ1) is 18.5. The molecule has 3 rings (SSSR count). The van der Waals surface area contributed by atoms with E-state index in [0.717, 1.165) is 28.9 Å². The van der Waals surface area contributed by atoms with Crippen LogP contribution >= 0.6 is 11.6 Å². The Kier molecular flexibility index (Phi) is 5.38. The van der Waals surface area contributed by atoms with Gasteiger partial charge in [0, 0.05) is 39.8 Å². The number of carbonyl (C=O) groups is 1. The van der Waals surface area contributed by atoms with Gasteiger partial charge in [0.1, 0.15) is 0 Å². The lowest BCUT2D eigenvalue weighted by molar-refractivity contribution is 0.0939. The SMILES string of the molecule is CC[C@@H](C)NC(=O)c1ccc2c(c1)c(C)c(C)n2Cc1ccc(Cl)cc1. The van der Waals surface area contributed by atoms with Gasteiger partial charge in [0.15, 0.2) is 0 Å². The van der Waals surface area contributed by atoms with Crippen LogP contribution in [0, 0.1) is 13.8 Å². The van der Waals surface area contributed by atoms with Crippen LogP contribution in [-0.4, -0.2) is 16.5 Å². The van der Waals surface area contributed by atoms with Crippen LogP contribution in [0.25, 0.3) is 10.9 Å². The number of rotatable bonds is 5. The number of aryl methyl sites for hydroxylation is 1. The van der Waals surface area contributed by atoms with Crippen molar-refractivity contribution in [2.45, 2.75) is 46.7 Å². The summed E-state index contributed by atoms with van der Waals surface area (Å²) in [6.07, 6.45) is 0.920. The first-order valence-corrected chi connectivity index (χ1v) is 9.43. The Labute approximate surface area is 160 Å². The lowest BCUT2D eigenvalue weighted by Gasteiger charge is -2.12. The molecule has 0 unspecified atom stereocenters. The molecule has 0 aliphatic rings. The second kappa shape index (κ2) is 7.55. The number of aromatic nitrogens is 1. The smallest absolute Gasteiger partial charge is 0.251 e. The van der Waals surface area contributed by atoms with Crippen molar-refractivity contribution in [3.63, 3.8) is 0 Å². The third-order valence-corrected chi connectivity index (χ3v) is 5.40. The summed E-state index contributed by atoms with van der Waals surface area (Å²) in [4.78, 5) is 12.5. The molecule has 4 heteroatoms. The average molecular weight is 369 g/mol. The summed E-state index contributed by atoms with van der Waals surface area (Å²) in [6, 6.07) is 14.1. The fourth-order valence-electron chi connectivity index (χ4n) is 3.18. The van der Waals surface area contributed by atoms with Gasteiger partial charge in [0.25, 0.3) is 5.91 Å². The Morgan fingerprint density at radius 3 is 2.50 bits per heavy atom. The minimum atomic E-state index is -0.0104. The summed E-state index contributed by atoms with van der Waals surface area (Å²) in [5, 5.41) is 4.92. The number of nitrogens with zero attached hydrogens (tertiary/aromatic N) is 1. The quantitative estimate of drug-likeness (QED) is 0.635. The molecule has 1 heterocycles. The molecular weight excluding hydrogens is 344 g/mol. The van der Waals surface area contributed by atoms with Gasteiger partial charge in [0.05, 0.1) is 0 Å². The standard InChI is InChI=1S/C22H25ClN2O/c1-5-14(2)24-22(26)18-8-11-21-20(12-18)15(3)16(4)25(21)13-17-6-9-19(23)10-7-17/h6-12,14H,5,13H2,1-4H3,(H,24,26)/t14-/m1/s1. The minimum Gasteiger partial charge on any atom is -0.350 e. The molecule has 0 spiro atoms. The van der Waals surface area contributed by atoms with Gasteiger partial charge in [0.2, 0.25) is 0 Å². The number of benzene rings is 2. The monoisotopic (exact) mass is 368 g/mol. The molecule has 1 N–H and O–H groups in total. The van der Waals surface area contributed by atoms with E-state index in [1.54, 1.807) is 0 Å². The zero-order valence-electron chi connectivity index (χ0n) is 15.8. The number of carbonyl (C=O) groups excluding carboxylic acids is 1. The predicted octanol–water partition coefficient (Wildman–Crippen LogP) is 5.49. The molecule has 136 valence electrons. The maximum Gasteiger partial charge on any atom is 0.251 e. The normalized spacial score (nSPS) is 12.3. The van der Waals surface area contributed by atoms with Crippen molar-refractivity contribution in [2.24, 2.45) is 0 Å². The molecule has 1 amide bonds. The third-order valence-electron chi connectivity index (χ3n) is 5.14. The van der Waals surface area contributed by atoms with E-state index in [4.69, 9.17) is 11.6 Å². The highest BCUT2D eigenvalue weighted by Crippen LogP contribution is 2.27. The van der Waals surface area contributed by atoms with Crippen molar-refractivity contribution in [1.29, 1.82) is 0 Å². The number of hydrogen-bond acceptors (Lipinski definition) is 1. The largest absolute Gasteiger partial charge is 0.350 e. The molecule has 0 aliphatic heterocycles. The topological polar surface area (TPSA) is 34.0 Å². The van der Waals surface area contributed by atoms with Crippen LogP contribution in [0.1, 0.15) is 47.4 Å². The number of fused-ring (bicyclic) bond motifs is 1. The first-order chi connectivity index (χ1) is 12.4. The Morgan fingerprint density at radius 1 is 1.15 bits per heavy atom. The zero-order chi connectivity index (χ0) is 18.8. The van der Waals surface area contributed by atoms with Gasteiger partial charge in [-0.1, -0.05) is 30.7 Å². The van der Waals surface area contributed by atoms with Gasteiger partial charge < -0.3 is 9.88 Å². The van der Waals surface area contributed by atoms with Crippen molar-refractivity contribution >= 4 is 28.4 Å². The van der Waals surface area contributed by atoms with Crippen LogP contribution in [-0.2, 0) is 6.54 Å². The minimum absolute atomic E-state index is 0.0104. The molecule has 3 nitrogen and oxygen atoms in total. The van der Waals surface area contributed by atoms with E-state index < -0.39 is 0 Å². The van der Waals surface area contributed by atoms with E-state index in [9.17, 15) is 4.79 Å². The third kappa shape index (κ3) is 3.63. The summed E-state index contributed by atoms with van der Waals surface area (Å²) in [5.41, 5.74) is 5.49. The van der Waals surface area contributed by atoms with E-state index in [0.29, 0.717) is 5.56 Å². The molecule has 1 atom stereocenters. The molecule has 0 bridgehead atoms. The second-order valence-electron chi connectivity index (χ2n) is 6.94. The molecule has 0 fully saturated rings. The molecule has 3 aromatic rings. The van der Waals surface area contributed by atoms with Crippen LogP contribution < -0.4 is 5.32 Å². The van der Waals surface area contributed by atoms with Gasteiger partial charge in [-0.2, -0.15) is 0 Å². The fraction of sp³-hybridized carbons (Fsp3) is 0.318. The van der Waals surface area contributed by atoms with Crippen molar-refractivity contribution in [2.75, 3.05) is 0 Å². The molecule has 0 radical (unpaired) electrons. The van der Waals surface area contributed by atoms with Gasteiger partial charge in [-0.15, -0.1) is 0 Å². The van der Waals surface area contributed by atoms with Crippen molar-refractivity contribution < 1.29 is 4.79 Å². The van der Waals surface area contributed by atoms with Gasteiger partial charge in [-0.3, -0.25) is 4.79 Å². The Bertz CT molecular complexity index is 941. The maximum absolute atomic E-state index is 12.5. The Morgan fingerprint density at radius 2 is 1.85 bits per heavy atom. The maximum atomic E-state index is 12.5. The van der Waals surface area contributed by atoms with E-state index in [-0.39, 0.29) is 11.9 Å². The molecule has 0 aliphatic carbocycles. The molecule has 1 aromatic heterocycles. The summed E-state index contributed by atoms with van der Waals surface area (Å²) < 4.78 is 2.30.